The Morgan fingerprint density at radius 3 is 2.15 bits per heavy atom. The summed E-state index contributed by atoms with van der Waals surface area (Å²) in [6, 6.07) is 19.3. The third-order valence-corrected chi connectivity index (χ3v) is 5.38. The first-order chi connectivity index (χ1) is 16.4. The monoisotopic (exact) mass is 458 g/mol. The van der Waals surface area contributed by atoms with Crippen LogP contribution in [-0.4, -0.2) is 47.0 Å². The molecule has 0 radical (unpaired) electrons. The fourth-order valence-corrected chi connectivity index (χ4v) is 3.31. The molecule has 1 N–H and O–H groups in total. The van der Waals surface area contributed by atoms with E-state index >= 15 is 0 Å². The fraction of sp³-hybridized carbons (Fsp3) is 0.231. The van der Waals surface area contributed by atoms with Crippen molar-refractivity contribution in [2.75, 3.05) is 20.8 Å². The lowest BCUT2D eigenvalue weighted by Crippen LogP contribution is -2.32. The zero-order valence-corrected chi connectivity index (χ0v) is 19.5. The molecule has 174 valence electrons. The molecule has 0 saturated heterocycles. The topological polar surface area (TPSA) is 99.2 Å². The Labute approximate surface area is 197 Å². The van der Waals surface area contributed by atoms with Crippen LogP contribution in [0, 0.1) is 5.41 Å². The molecule has 0 saturated carbocycles. The lowest BCUT2D eigenvalue weighted by Gasteiger charge is -2.21. The van der Waals surface area contributed by atoms with Crippen LogP contribution in [0.15, 0.2) is 66.9 Å². The maximum absolute atomic E-state index is 11.8. The highest BCUT2D eigenvalue weighted by molar-refractivity contribution is 5.76. The van der Waals surface area contributed by atoms with Crippen LogP contribution >= 0.6 is 0 Å². The smallest absolute Gasteiger partial charge is 0.314 e. The standard InChI is InChI=1S/C26H26N4O4/c1-26(2,25(31)33-4)16-34-22-14-11-20(15-27-22)17-5-7-18(8-6-17)23-28-24(30-29-23)19-9-12-21(32-3)13-10-19/h5-15H,16H2,1-4H3,(H,28,29,30). The van der Waals surface area contributed by atoms with Gasteiger partial charge in [0.2, 0.25) is 5.88 Å². The van der Waals surface area contributed by atoms with Gasteiger partial charge in [-0.2, -0.15) is 5.10 Å². The molecule has 4 aromatic rings. The Hall–Kier alpha value is -4.20. The van der Waals surface area contributed by atoms with Gasteiger partial charge in [-0.3, -0.25) is 9.89 Å². The van der Waals surface area contributed by atoms with Crippen molar-refractivity contribution < 1.29 is 19.0 Å². The zero-order valence-electron chi connectivity index (χ0n) is 19.5. The SMILES string of the molecule is COC(=O)C(C)(C)COc1ccc(-c2ccc(-c3nc(-c4ccc(OC)cc4)n[nH]3)cc2)cn1. The van der Waals surface area contributed by atoms with Crippen molar-refractivity contribution >= 4 is 5.97 Å². The maximum Gasteiger partial charge on any atom is 0.314 e. The third kappa shape index (κ3) is 5.06. The van der Waals surface area contributed by atoms with Crippen molar-refractivity contribution in [2.24, 2.45) is 5.41 Å². The number of hydrogen-bond acceptors (Lipinski definition) is 7. The molecule has 4 rings (SSSR count). The number of carbonyl (C=O) groups excluding carboxylic acids is 1. The van der Waals surface area contributed by atoms with Gasteiger partial charge in [-0.15, -0.1) is 0 Å². The minimum absolute atomic E-state index is 0.177. The lowest BCUT2D eigenvalue weighted by molar-refractivity contribution is -0.152. The number of nitrogens with one attached hydrogen (secondary N) is 1. The molecular weight excluding hydrogens is 432 g/mol. The molecule has 8 heteroatoms. The van der Waals surface area contributed by atoms with Crippen LogP contribution in [0.25, 0.3) is 33.9 Å². The Bertz CT molecular complexity index is 1250. The van der Waals surface area contributed by atoms with Gasteiger partial charge in [-0.05, 0) is 49.7 Å². The van der Waals surface area contributed by atoms with Gasteiger partial charge in [-0.1, -0.05) is 24.3 Å². The molecule has 0 aliphatic heterocycles. The van der Waals surface area contributed by atoms with Crippen molar-refractivity contribution in [1.29, 1.82) is 0 Å². The summed E-state index contributed by atoms with van der Waals surface area (Å²) in [5, 5.41) is 7.33. The van der Waals surface area contributed by atoms with Gasteiger partial charge in [-0.25, -0.2) is 9.97 Å². The molecule has 2 heterocycles. The Kier molecular flexibility index (Phi) is 6.58. The van der Waals surface area contributed by atoms with Gasteiger partial charge in [0.05, 0.1) is 19.6 Å². The van der Waals surface area contributed by atoms with E-state index < -0.39 is 5.41 Å². The summed E-state index contributed by atoms with van der Waals surface area (Å²) in [6.45, 7) is 3.71. The number of H-pyrrole nitrogens is 1. The number of pyridine rings is 1. The van der Waals surface area contributed by atoms with Crippen LogP contribution in [0.5, 0.6) is 11.6 Å². The summed E-state index contributed by atoms with van der Waals surface area (Å²) < 4.78 is 15.7. The van der Waals surface area contributed by atoms with Gasteiger partial charge >= 0.3 is 5.97 Å². The summed E-state index contributed by atoms with van der Waals surface area (Å²) in [6.07, 6.45) is 1.74. The van der Waals surface area contributed by atoms with Crippen molar-refractivity contribution in [3.63, 3.8) is 0 Å². The van der Waals surface area contributed by atoms with Crippen molar-refractivity contribution in [3.8, 4) is 45.5 Å². The summed E-state index contributed by atoms with van der Waals surface area (Å²) in [4.78, 5) is 20.8. The van der Waals surface area contributed by atoms with Crippen molar-refractivity contribution in [1.82, 2.24) is 20.2 Å². The van der Waals surface area contributed by atoms with E-state index in [9.17, 15) is 4.79 Å². The molecule has 0 bridgehead atoms. The minimum atomic E-state index is -0.751. The van der Waals surface area contributed by atoms with E-state index in [1.54, 1.807) is 33.2 Å². The highest BCUT2D eigenvalue weighted by Crippen LogP contribution is 2.26. The first-order valence-electron chi connectivity index (χ1n) is 10.7. The molecule has 0 spiro atoms. The molecular formula is C26H26N4O4. The third-order valence-electron chi connectivity index (χ3n) is 5.38. The molecule has 0 amide bonds. The predicted molar refractivity (Wildman–Crippen MR) is 128 cm³/mol. The molecule has 0 aliphatic carbocycles. The number of hydrogen-bond donors (Lipinski definition) is 1. The van der Waals surface area contributed by atoms with Gasteiger partial charge in [0, 0.05) is 29.0 Å². The Morgan fingerprint density at radius 2 is 1.53 bits per heavy atom. The number of rotatable bonds is 8. The largest absolute Gasteiger partial charge is 0.497 e. The number of nitrogens with zero attached hydrogens (tertiary/aromatic N) is 3. The first-order valence-corrected chi connectivity index (χ1v) is 10.7. The number of aromatic amines is 1. The molecule has 0 unspecified atom stereocenters. The predicted octanol–water partition coefficient (Wildman–Crippen LogP) is 4.79. The average Bonchev–Trinajstić information content (AvgIpc) is 3.38. The van der Waals surface area contributed by atoms with Crippen LogP contribution in [0.3, 0.4) is 0 Å². The zero-order chi connectivity index (χ0) is 24.1. The number of esters is 1. The summed E-state index contributed by atoms with van der Waals surface area (Å²) in [5.74, 6) is 2.22. The van der Waals surface area contributed by atoms with Crippen LogP contribution in [0.4, 0.5) is 0 Å². The second-order valence-corrected chi connectivity index (χ2v) is 8.36. The van der Waals surface area contributed by atoms with Crippen LogP contribution in [-0.2, 0) is 9.53 Å². The Balaban J connectivity index is 1.42. The highest BCUT2D eigenvalue weighted by Gasteiger charge is 2.29. The number of ether oxygens (including phenoxy) is 3. The van der Waals surface area contributed by atoms with E-state index in [0.717, 1.165) is 28.0 Å². The van der Waals surface area contributed by atoms with Gasteiger partial charge in [0.15, 0.2) is 11.6 Å². The second-order valence-electron chi connectivity index (χ2n) is 8.36. The van der Waals surface area contributed by atoms with Crippen LogP contribution < -0.4 is 9.47 Å². The molecule has 2 aromatic heterocycles. The van der Waals surface area contributed by atoms with Gasteiger partial charge in [0.1, 0.15) is 12.4 Å². The second kappa shape index (κ2) is 9.74. The minimum Gasteiger partial charge on any atom is -0.497 e. The maximum atomic E-state index is 11.8. The van der Waals surface area contributed by atoms with E-state index in [1.165, 1.54) is 7.11 Å². The Morgan fingerprint density at radius 1 is 0.882 bits per heavy atom. The van der Waals surface area contributed by atoms with Gasteiger partial charge in [0.25, 0.3) is 0 Å². The quantitative estimate of drug-likeness (QED) is 0.379. The normalized spacial score (nSPS) is 11.2. The summed E-state index contributed by atoms with van der Waals surface area (Å²) in [5.41, 5.74) is 3.03. The number of benzene rings is 2. The van der Waals surface area contributed by atoms with E-state index in [2.05, 4.69) is 20.2 Å². The number of aromatic nitrogens is 4. The molecule has 2 aromatic carbocycles. The van der Waals surface area contributed by atoms with E-state index in [1.807, 2.05) is 54.6 Å². The van der Waals surface area contributed by atoms with E-state index in [4.69, 9.17) is 14.2 Å². The van der Waals surface area contributed by atoms with Crippen molar-refractivity contribution in [2.45, 2.75) is 13.8 Å². The van der Waals surface area contributed by atoms with E-state index in [-0.39, 0.29) is 12.6 Å². The van der Waals surface area contributed by atoms with Crippen LogP contribution in [0.1, 0.15) is 13.8 Å². The average molecular weight is 459 g/mol. The molecule has 0 aliphatic rings. The van der Waals surface area contributed by atoms with Gasteiger partial charge < -0.3 is 14.2 Å². The molecule has 0 atom stereocenters. The number of carbonyl (C=O) groups is 1. The molecule has 8 nitrogen and oxygen atoms in total. The lowest BCUT2D eigenvalue weighted by atomic mass is 9.95. The number of methoxy groups -OCH3 is 2. The fourth-order valence-electron chi connectivity index (χ4n) is 3.31. The van der Waals surface area contributed by atoms with Crippen LogP contribution in [0.2, 0.25) is 0 Å². The molecule has 0 fully saturated rings. The van der Waals surface area contributed by atoms with E-state index in [0.29, 0.717) is 17.5 Å². The summed E-state index contributed by atoms with van der Waals surface area (Å²) >= 11 is 0. The highest BCUT2D eigenvalue weighted by atomic mass is 16.5. The molecule has 34 heavy (non-hydrogen) atoms. The van der Waals surface area contributed by atoms with Crippen molar-refractivity contribution in [3.05, 3.63) is 66.9 Å². The summed E-state index contributed by atoms with van der Waals surface area (Å²) in [7, 11) is 3.00. The first kappa shape index (κ1) is 23.0.